The van der Waals surface area contributed by atoms with Gasteiger partial charge < -0.3 is 19.6 Å². The number of amides is 2. The summed E-state index contributed by atoms with van der Waals surface area (Å²) in [5, 5.41) is 9.43. The Morgan fingerprint density at radius 1 is 1.40 bits per heavy atom. The number of carboxylic acid groups (broad SMARTS) is 1. The molecule has 1 atom stereocenters. The molecular weight excluding hydrogens is 260 g/mol. The van der Waals surface area contributed by atoms with Crippen LogP contribution < -0.4 is 0 Å². The van der Waals surface area contributed by atoms with Crippen molar-refractivity contribution in [1.82, 2.24) is 9.80 Å². The Labute approximate surface area is 120 Å². The van der Waals surface area contributed by atoms with Crippen molar-refractivity contribution in [2.24, 2.45) is 5.41 Å². The number of hydrogen-bond donors (Lipinski definition) is 1. The van der Waals surface area contributed by atoms with E-state index < -0.39 is 11.4 Å². The Balaban J connectivity index is 2.62. The van der Waals surface area contributed by atoms with E-state index in [4.69, 9.17) is 4.74 Å². The number of urea groups is 1. The normalized spacial score (nSPS) is 22.6. The molecule has 1 unspecified atom stereocenters. The first kappa shape index (κ1) is 16.8. The minimum atomic E-state index is -0.797. The highest BCUT2D eigenvalue weighted by atomic mass is 16.5. The van der Waals surface area contributed by atoms with Gasteiger partial charge in [-0.1, -0.05) is 6.92 Å². The van der Waals surface area contributed by atoms with Crippen molar-refractivity contribution < 1.29 is 19.4 Å². The molecule has 1 N–H and O–H groups in total. The van der Waals surface area contributed by atoms with Gasteiger partial charge in [0.1, 0.15) is 0 Å². The van der Waals surface area contributed by atoms with Gasteiger partial charge in [0, 0.05) is 33.3 Å². The van der Waals surface area contributed by atoms with E-state index in [2.05, 4.69) is 0 Å². The van der Waals surface area contributed by atoms with Gasteiger partial charge in [0.05, 0.1) is 12.0 Å². The number of carboxylic acids is 1. The zero-order valence-corrected chi connectivity index (χ0v) is 12.7. The molecular formula is C14H26N2O4. The average Bonchev–Trinajstić information content (AvgIpc) is 2.46. The number of likely N-dealkylation sites (tertiary alicyclic amines) is 1. The summed E-state index contributed by atoms with van der Waals surface area (Å²) in [6.45, 7) is 6.38. The third-order valence-electron chi connectivity index (χ3n) is 4.08. The Morgan fingerprint density at radius 2 is 2.10 bits per heavy atom. The monoisotopic (exact) mass is 286 g/mol. The molecule has 0 saturated carbocycles. The summed E-state index contributed by atoms with van der Waals surface area (Å²) in [7, 11) is 1.73. The maximum atomic E-state index is 12.3. The van der Waals surface area contributed by atoms with Crippen LogP contribution in [0.4, 0.5) is 4.79 Å². The standard InChI is InChI=1S/C14H26N2O4/c1-4-14(12(17)18)7-6-8-16(11-14)13(19)15(3)9-10-20-5-2/h4-11H2,1-3H3,(H,17,18). The minimum Gasteiger partial charge on any atom is -0.481 e. The lowest BCUT2D eigenvalue weighted by Crippen LogP contribution is -2.53. The Morgan fingerprint density at radius 3 is 2.65 bits per heavy atom. The number of nitrogens with zero attached hydrogens (tertiary/aromatic N) is 2. The second kappa shape index (κ2) is 7.47. The van der Waals surface area contributed by atoms with Gasteiger partial charge in [-0.05, 0) is 26.2 Å². The lowest BCUT2D eigenvalue weighted by molar-refractivity contribution is -0.152. The smallest absolute Gasteiger partial charge is 0.319 e. The fourth-order valence-corrected chi connectivity index (χ4v) is 2.59. The highest BCUT2D eigenvalue weighted by Gasteiger charge is 2.42. The molecule has 1 aliphatic heterocycles. The summed E-state index contributed by atoms with van der Waals surface area (Å²) in [6.07, 6.45) is 1.94. The molecule has 1 saturated heterocycles. The lowest BCUT2D eigenvalue weighted by Gasteiger charge is -2.40. The second-order valence-corrected chi connectivity index (χ2v) is 5.37. The van der Waals surface area contributed by atoms with E-state index in [1.807, 2.05) is 13.8 Å². The zero-order valence-electron chi connectivity index (χ0n) is 12.7. The summed E-state index contributed by atoms with van der Waals surface area (Å²) < 4.78 is 5.24. The fraction of sp³-hybridized carbons (Fsp3) is 0.857. The van der Waals surface area contributed by atoms with Crippen molar-refractivity contribution in [3.05, 3.63) is 0 Å². The summed E-state index contributed by atoms with van der Waals surface area (Å²) >= 11 is 0. The SMILES string of the molecule is CCOCCN(C)C(=O)N1CCCC(CC)(C(=O)O)C1. The highest BCUT2D eigenvalue weighted by molar-refractivity contribution is 5.78. The first-order valence-electron chi connectivity index (χ1n) is 7.28. The molecule has 116 valence electrons. The van der Waals surface area contributed by atoms with Crippen LogP contribution in [0.1, 0.15) is 33.1 Å². The third kappa shape index (κ3) is 3.85. The van der Waals surface area contributed by atoms with Gasteiger partial charge >= 0.3 is 12.0 Å². The Bertz CT molecular complexity index is 348. The molecule has 20 heavy (non-hydrogen) atoms. The molecule has 1 heterocycles. The molecule has 0 aromatic rings. The van der Waals surface area contributed by atoms with Crippen LogP contribution in [-0.4, -0.2) is 66.8 Å². The molecule has 1 rings (SSSR count). The van der Waals surface area contributed by atoms with Gasteiger partial charge in [-0.2, -0.15) is 0 Å². The summed E-state index contributed by atoms with van der Waals surface area (Å²) in [6, 6.07) is -0.108. The lowest BCUT2D eigenvalue weighted by atomic mass is 9.78. The number of carbonyl (C=O) groups is 2. The van der Waals surface area contributed by atoms with Gasteiger partial charge in [0.2, 0.25) is 0 Å². The fourth-order valence-electron chi connectivity index (χ4n) is 2.59. The van der Waals surface area contributed by atoms with Crippen LogP contribution in [0.3, 0.4) is 0 Å². The molecule has 0 bridgehead atoms. The van der Waals surface area contributed by atoms with Crippen molar-refractivity contribution in [3.8, 4) is 0 Å². The predicted molar refractivity (Wildman–Crippen MR) is 75.7 cm³/mol. The molecule has 0 aromatic carbocycles. The van der Waals surface area contributed by atoms with Gasteiger partial charge in [-0.25, -0.2) is 4.79 Å². The third-order valence-corrected chi connectivity index (χ3v) is 4.08. The van der Waals surface area contributed by atoms with Crippen LogP contribution in [-0.2, 0) is 9.53 Å². The maximum absolute atomic E-state index is 12.3. The number of aliphatic carboxylic acids is 1. The van der Waals surface area contributed by atoms with E-state index in [1.165, 1.54) is 0 Å². The second-order valence-electron chi connectivity index (χ2n) is 5.37. The van der Waals surface area contributed by atoms with Gasteiger partial charge in [0.15, 0.2) is 0 Å². The first-order chi connectivity index (χ1) is 9.46. The van der Waals surface area contributed by atoms with E-state index in [1.54, 1.807) is 16.8 Å². The number of likely N-dealkylation sites (N-methyl/N-ethyl adjacent to an activating group) is 1. The average molecular weight is 286 g/mol. The van der Waals surface area contributed by atoms with Crippen molar-refractivity contribution >= 4 is 12.0 Å². The van der Waals surface area contributed by atoms with Crippen molar-refractivity contribution in [1.29, 1.82) is 0 Å². The number of hydrogen-bond acceptors (Lipinski definition) is 3. The van der Waals surface area contributed by atoms with Crippen LogP contribution >= 0.6 is 0 Å². The van der Waals surface area contributed by atoms with Crippen LogP contribution in [0.15, 0.2) is 0 Å². The number of ether oxygens (including phenoxy) is 1. The highest BCUT2D eigenvalue weighted by Crippen LogP contribution is 2.33. The molecule has 1 fully saturated rings. The van der Waals surface area contributed by atoms with Crippen molar-refractivity contribution in [3.63, 3.8) is 0 Å². The minimum absolute atomic E-state index is 0.108. The predicted octanol–water partition coefficient (Wildman–Crippen LogP) is 1.65. The molecule has 0 radical (unpaired) electrons. The largest absolute Gasteiger partial charge is 0.481 e. The zero-order chi connectivity index (χ0) is 15.2. The molecule has 2 amide bonds. The van der Waals surface area contributed by atoms with Crippen LogP contribution in [0.2, 0.25) is 0 Å². The van der Waals surface area contributed by atoms with E-state index in [9.17, 15) is 14.7 Å². The summed E-state index contributed by atoms with van der Waals surface area (Å²) in [5.41, 5.74) is -0.783. The molecule has 6 nitrogen and oxygen atoms in total. The van der Waals surface area contributed by atoms with Crippen LogP contribution in [0.5, 0.6) is 0 Å². The van der Waals surface area contributed by atoms with Gasteiger partial charge in [-0.15, -0.1) is 0 Å². The molecule has 1 aliphatic rings. The van der Waals surface area contributed by atoms with Crippen molar-refractivity contribution in [2.45, 2.75) is 33.1 Å². The van der Waals surface area contributed by atoms with E-state index in [-0.39, 0.29) is 6.03 Å². The van der Waals surface area contributed by atoms with Crippen molar-refractivity contribution in [2.75, 3.05) is 39.9 Å². The first-order valence-corrected chi connectivity index (χ1v) is 7.28. The quantitative estimate of drug-likeness (QED) is 0.754. The van der Waals surface area contributed by atoms with Gasteiger partial charge in [0.25, 0.3) is 0 Å². The summed E-state index contributed by atoms with van der Waals surface area (Å²) in [4.78, 5) is 27.1. The molecule has 6 heteroatoms. The number of carbonyl (C=O) groups excluding carboxylic acids is 1. The van der Waals surface area contributed by atoms with Gasteiger partial charge in [-0.3, -0.25) is 4.79 Å². The summed E-state index contributed by atoms with van der Waals surface area (Å²) in [5.74, 6) is -0.797. The Hall–Kier alpha value is -1.30. The van der Waals surface area contributed by atoms with E-state index >= 15 is 0 Å². The topological polar surface area (TPSA) is 70.1 Å². The molecule has 0 spiro atoms. The maximum Gasteiger partial charge on any atom is 0.319 e. The molecule has 0 aromatic heterocycles. The number of rotatable bonds is 6. The van der Waals surface area contributed by atoms with Crippen LogP contribution in [0, 0.1) is 5.41 Å². The van der Waals surface area contributed by atoms with E-state index in [0.29, 0.717) is 45.7 Å². The molecule has 0 aliphatic carbocycles. The van der Waals surface area contributed by atoms with Crippen LogP contribution in [0.25, 0.3) is 0 Å². The Kier molecular flexibility index (Phi) is 6.26. The number of piperidine rings is 1. The van der Waals surface area contributed by atoms with E-state index in [0.717, 1.165) is 6.42 Å².